The molecule has 7 heteroatoms. The zero-order chi connectivity index (χ0) is 19.4. The molecule has 1 aromatic rings. The van der Waals surface area contributed by atoms with E-state index in [2.05, 4.69) is 10.3 Å². The number of hydrogen-bond donors (Lipinski definition) is 1. The molecular weight excluding hydrogens is 358 g/mol. The van der Waals surface area contributed by atoms with Crippen molar-refractivity contribution in [1.29, 1.82) is 0 Å². The molecule has 1 aromatic heterocycles. The Hall–Kier alpha value is -1.99. The van der Waals surface area contributed by atoms with Crippen LogP contribution in [0.2, 0.25) is 0 Å². The van der Waals surface area contributed by atoms with Crippen LogP contribution in [0.3, 0.4) is 0 Å². The Bertz CT molecular complexity index is 677. The van der Waals surface area contributed by atoms with Crippen LogP contribution in [0, 0.1) is 5.92 Å². The Morgan fingerprint density at radius 1 is 1.11 bits per heavy atom. The summed E-state index contributed by atoms with van der Waals surface area (Å²) in [6.07, 6.45) is 6.59. The van der Waals surface area contributed by atoms with E-state index in [-0.39, 0.29) is 29.4 Å². The number of amides is 2. The standard InChI is InChI=1S/C21H29N3O4/c25-19(23-17-6-12-28-21(15-17)7-13-27-14-8-21)16-4-10-24(11-5-16)20(26)18-3-1-2-9-22-18/h1-3,9,16-17H,4-8,10-15H2,(H,23,25)/t17-/m1/s1. The van der Waals surface area contributed by atoms with Gasteiger partial charge in [0.15, 0.2) is 0 Å². The van der Waals surface area contributed by atoms with Crippen molar-refractivity contribution < 1.29 is 19.1 Å². The van der Waals surface area contributed by atoms with Gasteiger partial charge in [0, 0.05) is 51.1 Å². The first-order valence-electron chi connectivity index (χ1n) is 10.4. The molecule has 0 saturated carbocycles. The highest BCUT2D eigenvalue weighted by molar-refractivity contribution is 5.92. The highest BCUT2D eigenvalue weighted by atomic mass is 16.5. The van der Waals surface area contributed by atoms with Crippen LogP contribution in [0.15, 0.2) is 24.4 Å². The number of rotatable bonds is 3. The molecular formula is C21H29N3O4. The Labute approximate surface area is 165 Å². The van der Waals surface area contributed by atoms with Gasteiger partial charge in [0.2, 0.25) is 5.91 Å². The maximum absolute atomic E-state index is 12.8. The number of hydrogen-bond acceptors (Lipinski definition) is 5. The molecule has 0 radical (unpaired) electrons. The van der Waals surface area contributed by atoms with E-state index in [0.29, 0.717) is 38.2 Å². The summed E-state index contributed by atoms with van der Waals surface area (Å²) in [4.78, 5) is 31.2. The number of piperidine rings is 1. The van der Waals surface area contributed by atoms with E-state index < -0.39 is 0 Å². The van der Waals surface area contributed by atoms with E-state index >= 15 is 0 Å². The Balaban J connectivity index is 1.26. The molecule has 28 heavy (non-hydrogen) atoms. The van der Waals surface area contributed by atoms with Gasteiger partial charge in [-0.05, 0) is 50.7 Å². The molecule has 0 bridgehead atoms. The Morgan fingerprint density at radius 3 is 2.61 bits per heavy atom. The van der Waals surface area contributed by atoms with Gasteiger partial charge >= 0.3 is 0 Å². The van der Waals surface area contributed by atoms with Gasteiger partial charge in [0.25, 0.3) is 5.91 Å². The van der Waals surface area contributed by atoms with E-state index in [4.69, 9.17) is 9.47 Å². The Kier molecular flexibility index (Phi) is 5.92. The van der Waals surface area contributed by atoms with Crippen molar-refractivity contribution in [2.24, 2.45) is 5.92 Å². The lowest BCUT2D eigenvalue weighted by molar-refractivity contribution is -0.145. The molecule has 3 aliphatic heterocycles. The fourth-order valence-corrected chi connectivity index (χ4v) is 4.56. The fourth-order valence-electron chi connectivity index (χ4n) is 4.56. The van der Waals surface area contributed by atoms with Gasteiger partial charge < -0.3 is 19.7 Å². The Morgan fingerprint density at radius 2 is 1.89 bits per heavy atom. The SMILES string of the molecule is O=C(N[C@@H]1CCOC2(CCOCC2)C1)C1CCN(C(=O)c2ccccn2)CC1. The van der Waals surface area contributed by atoms with Gasteiger partial charge in [0.1, 0.15) is 5.69 Å². The molecule has 0 unspecified atom stereocenters. The number of aromatic nitrogens is 1. The predicted molar refractivity (Wildman–Crippen MR) is 103 cm³/mol. The third kappa shape index (κ3) is 4.36. The molecule has 1 spiro atoms. The summed E-state index contributed by atoms with van der Waals surface area (Å²) in [7, 11) is 0. The normalized spacial score (nSPS) is 25.4. The molecule has 3 saturated heterocycles. The smallest absolute Gasteiger partial charge is 0.272 e. The van der Waals surface area contributed by atoms with E-state index in [0.717, 1.165) is 38.9 Å². The van der Waals surface area contributed by atoms with Crippen molar-refractivity contribution in [3.8, 4) is 0 Å². The molecule has 3 fully saturated rings. The van der Waals surface area contributed by atoms with Crippen LogP contribution in [0.25, 0.3) is 0 Å². The average molecular weight is 387 g/mol. The molecule has 152 valence electrons. The molecule has 0 aromatic carbocycles. The number of ether oxygens (including phenoxy) is 2. The van der Waals surface area contributed by atoms with Crippen LogP contribution in [0.5, 0.6) is 0 Å². The van der Waals surface area contributed by atoms with E-state index in [9.17, 15) is 9.59 Å². The number of likely N-dealkylation sites (tertiary alicyclic amines) is 1. The van der Waals surface area contributed by atoms with Crippen molar-refractivity contribution in [3.05, 3.63) is 30.1 Å². The first-order valence-corrected chi connectivity index (χ1v) is 10.4. The van der Waals surface area contributed by atoms with Crippen LogP contribution in [-0.4, -0.2) is 66.3 Å². The predicted octanol–water partition coefficient (Wildman–Crippen LogP) is 1.78. The van der Waals surface area contributed by atoms with Gasteiger partial charge in [-0.3, -0.25) is 14.6 Å². The average Bonchev–Trinajstić information content (AvgIpc) is 2.74. The minimum absolute atomic E-state index is 0.0266. The maximum Gasteiger partial charge on any atom is 0.272 e. The molecule has 7 nitrogen and oxygen atoms in total. The van der Waals surface area contributed by atoms with Gasteiger partial charge in [-0.1, -0.05) is 6.07 Å². The minimum atomic E-state index is -0.118. The fraction of sp³-hybridized carbons (Fsp3) is 0.667. The second kappa shape index (κ2) is 8.57. The van der Waals surface area contributed by atoms with E-state index in [1.165, 1.54) is 0 Å². The topological polar surface area (TPSA) is 80.8 Å². The number of nitrogens with zero attached hydrogens (tertiary/aromatic N) is 2. The number of carbonyl (C=O) groups excluding carboxylic acids is 2. The summed E-state index contributed by atoms with van der Waals surface area (Å²) >= 11 is 0. The monoisotopic (exact) mass is 387 g/mol. The zero-order valence-electron chi connectivity index (χ0n) is 16.3. The molecule has 1 atom stereocenters. The van der Waals surface area contributed by atoms with Gasteiger partial charge in [0.05, 0.1) is 5.60 Å². The largest absolute Gasteiger partial charge is 0.381 e. The molecule has 4 heterocycles. The summed E-state index contributed by atoms with van der Waals surface area (Å²) < 4.78 is 11.5. The third-order valence-corrected chi connectivity index (χ3v) is 6.28. The van der Waals surface area contributed by atoms with Gasteiger partial charge in [-0.2, -0.15) is 0 Å². The van der Waals surface area contributed by atoms with Crippen molar-refractivity contribution >= 4 is 11.8 Å². The van der Waals surface area contributed by atoms with Crippen LogP contribution >= 0.6 is 0 Å². The van der Waals surface area contributed by atoms with Crippen LogP contribution < -0.4 is 5.32 Å². The lowest BCUT2D eigenvalue weighted by atomic mass is 9.83. The van der Waals surface area contributed by atoms with Crippen molar-refractivity contribution in [2.45, 2.75) is 50.2 Å². The summed E-state index contributed by atoms with van der Waals surface area (Å²) in [5, 5.41) is 3.26. The molecule has 0 aliphatic carbocycles. The summed E-state index contributed by atoms with van der Waals surface area (Å²) in [5.74, 6) is 0.0469. The quantitative estimate of drug-likeness (QED) is 0.855. The number of carbonyl (C=O) groups is 2. The van der Waals surface area contributed by atoms with Crippen LogP contribution in [0.4, 0.5) is 0 Å². The number of nitrogens with one attached hydrogen (secondary N) is 1. The van der Waals surface area contributed by atoms with Gasteiger partial charge in [-0.15, -0.1) is 0 Å². The summed E-state index contributed by atoms with van der Waals surface area (Å²) in [6.45, 7) is 3.37. The molecule has 2 amide bonds. The third-order valence-electron chi connectivity index (χ3n) is 6.28. The first kappa shape index (κ1) is 19.3. The lowest BCUT2D eigenvalue weighted by Crippen LogP contribution is -2.52. The number of pyridine rings is 1. The summed E-state index contributed by atoms with van der Waals surface area (Å²) in [5.41, 5.74) is 0.349. The molecule has 1 N–H and O–H groups in total. The zero-order valence-corrected chi connectivity index (χ0v) is 16.3. The van der Waals surface area contributed by atoms with E-state index in [1.54, 1.807) is 23.2 Å². The highest BCUT2D eigenvalue weighted by Crippen LogP contribution is 2.34. The molecule has 3 aliphatic rings. The lowest BCUT2D eigenvalue weighted by Gasteiger charge is -2.43. The van der Waals surface area contributed by atoms with Gasteiger partial charge in [-0.25, -0.2) is 0 Å². The second-order valence-electron chi connectivity index (χ2n) is 8.12. The van der Waals surface area contributed by atoms with Crippen LogP contribution in [0.1, 0.15) is 49.0 Å². The minimum Gasteiger partial charge on any atom is -0.381 e. The highest BCUT2D eigenvalue weighted by Gasteiger charge is 2.40. The van der Waals surface area contributed by atoms with Crippen molar-refractivity contribution in [1.82, 2.24) is 15.2 Å². The molecule has 4 rings (SSSR count). The first-order chi connectivity index (χ1) is 13.7. The van der Waals surface area contributed by atoms with Crippen molar-refractivity contribution in [3.63, 3.8) is 0 Å². The summed E-state index contributed by atoms with van der Waals surface area (Å²) in [6, 6.07) is 5.53. The van der Waals surface area contributed by atoms with E-state index in [1.807, 2.05) is 6.07 Å². The van der Waals surface area contributed by atoms with Crippen molar-refractivity contribution in [2.75, 3.05) is 32.9 Å². The van der Waals surface area contributed by atoms with Crippen LogP contribution in [-0.2, 0) is 14.3 Å². The maximum atomic E-state index is 12.8. The second-order valence-corrected chi connectivity index (χ2v) is 8.12.